The van der Waals surface area contributed by atoms with Gasteiger partial charge < -0.3 is 14.3 Å². The lowest BCUT2D eigenvalue weighted by molar-refractivity contribution is -0.110. The maximum absolute atomic E-state index is 12.4. The SMILES string of the molecule is CC[Si](CC)(CC)O[C@H](C)[C@@]12O[C@]13C1=CC(=O)C=C[C@@]1(C)C[C@H]2C#C/C=C\C#C[C@H]3O. The van der Waals surface area contributed by atoms with E-state index in [1.807, 2.05) is 6.08 Å². The Bertz CT molecular complexity index is 990. The van der Waals surface area contributed by atoms with E-state index >= 15 is 0 Å². The fourth-order valence-electron chi connectivity index (χ4n) is 6.00. The molecule has 4 nitrogen and oxygen atoms in total. The Kier molecular flexibility index (Phi) is 5.47. The van der Waals surface area contributed by atoms with Gasteiger partial charge in [0, 0.05) is 5.41 Å². The number of allylic oxidation sites excluding steroid dienone is 5. The first-order valence-electron chi connectivity index (χ1n) is 11.4. The van der Waals surface area contributed by atoms with Crippen molar-refractivity contribution in [1.82, 2.24) is 0 Å². The standard InChI is InChI=1S/C26H32O4Si/c1-6-31(7-2,8-3)29-19(4)25-20-13-11-9-10-12-14-23(28)26(25,30-25)22-17-21(27)15-16-24(22,5)18-20/h9-10,15-17,19-20,23,28H,6-8,18H2,1-5H3/b10-9-/t19-,20-,23-,24+,25+,26+/m1/s1. The molecule has 5 heteroatoms. The zero-order valence-corrected chi connectivity index (χ0v) is 20.1. The highest BCUT2D eigenvalue weighted by molar-refractivity contribution is 6.73. The molecule has 164 valence electrons. The van der Waals surface area contributed by atoms with Crippen LogP contribution in [-0.4, -0.2) is 42.6 Å². The third-order valence-electron chi connectivity index (χ3n) is 8.01. The maximum Gasteiger partial charge on any atom is 0.192 e. The van der Waals surface area contributed by atoms with Crippen molar-refractivity contribution in [2.24, 2.45) is 11.3 Å². The molecule has 1 N–H and O–H groups in total. The fraction of sp³-hybridized carbons (Fsp3) is 0.577. The number of hydrogen-bond donors (Lipinski definition) is 1. The van der Waals surface area contributed by atoms with Gasteiger partial charge in [-0.2, -0.15) is 0 Å². The summed E-state index contributed by atoms with van der Waals surface area (Å²) in [5.74, 6) is 12.1. The van der Waals surface area contributed by atoms with Gasteiger partial charge in [-0.1, -0.05) is 57.5 Å². The topological polar surface area (TPSA) is 59.1 Å². The summed E-state index contributed by atoms with van der Waals surface area (Å²) in [5, 5.41) is 11.4. The number of aliphatic hydroxyl groups is 1. The number of carbonyl (C=O) groups is 1. The Hall–Kier alpha value is -1.89. The van der Waals surface area contributed by atoms with Crippen LogP contribution in [0.4, 0.5) is 0 Å². The molecule has 2 fully saturated rings. The summed E-state index contributed by atoms with van der Waals surface area (Å²) in [6, 6.07) is 3.07. The van der Waals surface area contributed by atoms with E-state index in [4.69, 9.17) is 9.16 Å². The van der Waals surface area contributed by atoms with E-state index in [0.717, 1.165) is 23.7 Å². The van der Waals surface area contributed by atoms with Gasteiger partial charge in [0.15, 0.2) is 25.8 Å². The van der Waals surface area contributed by atoms with E-state index in [9.17, 15) is 9.90 Å². The van der Waals surface area contributed by atoms with Crippen molar-refractivity contribution in [2.45, 2.75) is 82.6 Å². The van der Waals surface area contributed by atoms with Gasteiger partial charge in [-0.25, -0.2) is 0 Å². The van der Waals surface area contributed by atoms with Crippen molar-refractivity contribution in [2.75, 3.05) is 0 Å². The monoisotopic (exact) mass is 436 g/mol. The number of ketones is 1. The molecule has 6 atom stereocenters. The quantitative estimate of drug-likeness (QED) is 0.389. The summed E-state index contributed by atoms with van der Waals surface area (Å²) in [5.41, 5.74) is -1.53. The largest absolute Gasteiger partial charge is 0.411 e. The van der Waals surface area contributed by atoms with E-state index in [2.05, 4.69) is 58.3 Å². The number of hydrogen-bond acceptors (Lipinski definition) is 4. The van der Waals surface area contributed by atoms with Crippen molar-refractivity contribution in [3.8, 4) is 23.7 Å². The summed E-state index contributed by atoms with van der Waals surface area (Å²) in [7, 11) is -1.95. The van der Waals surface area contributed by atoms with Crippen LogP contribution in [0.3, 0.4) is 0 Å². The minimum absolute atomic E-state index is 0.0825. The van der Waals surface area contributed by atoms with Crippen LogP contribution in [0.25, 0.3) is 0 Å². The molecule has 1 aliphatic heterocycles. The zero-order valence-electron chi connectivity index (χ0n) is 19.1. The Labute approximate surface area is 186 Å². The average Bonchev–Trinajstić information content (AvgIpc) is 3.48. The van der Waals surface area contributed by atoms with Crippen LogP contribution in [0.1, 0.15) is 41.0 Å². The molecule has 2 bridgehead atoms. The summed E-state index contributed by atoms with van der Waals surface area (Å²) < 4.78 is 13.5. The number of aliphatic hydroxyl groups excluding tert-OH is 1. The zero-order chi connectivity index (χ0) is 22.5. The van der Waals surface area contributed by atoms with Crippen LogP contribution in [0, 0.1) is 35.0 Å². The number of epoxide rings is 1. The van der Waals surface area contributed by atoms with Crippen LogP contribution in [-0.2, 0) is 14.0 Å². The lowest BCUT2D eigenvalue weighted by Crippen LogP contribution is -2.58. The van der Waals surface area contributed by atoms with Gasteiger partial charge in [0.2, 0.25) is 0 Å². The van der Waals surface area contributed by atoms with Crippen LogP contribution in [0.2, 0.25) is 18.1 Å². The van der Waals surface area contributed by atoms with Crippen molar-refractivity contribution >= 4 is 14.1 Å². The lowest BCUT2D eigenvalue weighted by Gasteiger charge is -2.47. The van der Waals surface area contributed by atoms with Crippen molar-refractivity contribution < 1.29 is 19.1 Å². The first kappa shape index (κ1) is 22.3. The lowest BCUT2D eigenvalue weighted by atomic mass is 9.55. The average molecular weight is 437 g/mol. The molecule has 4 aliphatic rings. The predicted octanol–water partition coefficient (Wildman–Crippen LogP) is 3.93. The number of ether oxygens (including phenoxy) is 1. The molecule has 0 spiro atoms. The summed E-state index contributed by atoms with van der Waals surface area (Å²) in [4.78, 5) is 12.4. The summed E-state index contributed by atoms with van der Waals surface area (Å²) in [6.07, 6.45) is 7.95. The summed E-state index contributed by atoms with van der Waals surface area (Å²) >= 11 is 0. The van der Waals surface area contributed by atoms with E-state index in [1.54, 1.807) is 24.3 Å². The highest BCUT2D eigenvalue weighted by Gasteiger charge is 2.84. The predicted molar refractivity (Wildman–Crippen MR) is 123 cm³/mol. The van der Waals surface area contributed by atoms with Gasteiger partial charge in [0.1, 0.15) is 5.60 Å². The highest BCUT2D eigenvalue weighted by atomic mass is 28.4. The molecule has 1 saturated carbocycles. The molecule has 31 heavy (non-hydrogen) atoms. The molecule has 0 aromatic heterocycles. The molecule has 0 radical (unpaired) electrons. The van der Waals surface area contributed by atoms with Gasteiger partial charge in [-0.15, -0.1) is 0 Å². The first-order valence-corrected chi connectivity index (χ1v) is 14.0. The van der Waals surface area contributed by atoms with Crippen LogP contribution in [0.15, 0.2) is 36.0 Å². The van der Waals surface area contributed by atoms with Crippen molar-refractivity contribution in [3.05, 3.63) is 36.0 Å². The fourth-order valence-corrected chi connectivity index (χ4v) is 8.92. The van der Waals surface area contributed by atoms with Gasteiger partial charge >= 0.3 is 0 Å². The molecular formula is C26H32O4Si. The van der Waals surface area contributed by atoms with Crippen LogP contribution >= 0.6 is 0 Å². The van der Waals surface area contributed by atoms with Crippen LogP contribution < -0.4 is 0 Å². The molecule has 1 saturated heterocycles. The molecule has 4 rings (SSSR count). The van der Waals surface area contributed by atoms with Gasteiger partial charge in [-0.3, -0.25) is 4.79 Å². The molecule has 0 amide bonds. The molecule has 0 unspecified atom stereocenters. The smallest absolute Gasteiger partial charge is 0.192 e. The minimum Gasteiger partial charge on any atom is -0.411 e. The van der Waals surface area contributed by atoms with E-state index in [1.165, 1.54) is 0 Å². The van der Waals surface area contributed by atoms with E-state index < -0.39 is 31.0 Å². The maximum atomic E-state index is 12.4. The third kappa shape index (κ3) is 3.06. The second-order valence-electron chi connectivity index (χ2n) is 9.42. The number of fused-ring (bicyclic) bond motifs is 1. The van der Waals surface area contributed by atoms with Gasteiger partial charge in [0.25, 0.3) is 0 Å². The normalized spacial score (nSPS) is 39.5. The first-order chi connectivity index (χ1) is 14.7. The Morgan fingerprint density at radius 1 is 1.23 bits per heavy atom. The van der Waals surface area contributed by atoms with E-state index in [-0.39, 0.29) is 17.8 Å². The van der Waals surface area contributed by atoms with Crippen molar-refractivity contribution in [1.29, 1.82) is 0 Å². The molecule has 3 aliphatic carbocycles. The third-order valence-corrected chi connectivity index (χ3v) is 12.7. The minimum atomic E-state index is -1.95. The second kappa shape index (κ2) is 7.61. The number of rotatable bonds is 6. The molecule has 0 aromatic rings. The molecular weight excluding hydrogens is 404 g/mol. The Morgan fingerprint density at radius 3 is 2.52 bits per heavy atom. The molecule has 1 heterocycles. The Morgan fingerprint density at radius 2 is 1.87 bits per heavy atom. The van der Waals surface area contributed by atoms with E-state index in [0.29, 0.717) is 6.42 Å². The number of carbonyl (C=O) groups excluding carboxylic acids is 1. The molecule has 0 aromatic carbocycles. The van der Waals surface area contributed by atoms with Crippen LogP contribution in [0.5, 0.6) is 0 Å². The second-order valence-corrected chi connectivity index (χ2v) is 14.1. The van der Waals surface area contributed by atoms with Gasteiger partial charge in [0.05, 0.1) is 12.0 Å². The van der Waals surface area contributed by atoms with Gasteiger partial charge in [-0.05, 0) is 61.4 Å². The Balaban J connectivity index is 1.89. The summed E-state index contributed by atoms with van der Waals surface area (Å²) in [6.45, 7) is 10.8. The highest BCUT2D eigenvalue weighted by Crippen LogP contribution is 2.71. The van der Waals surface area contributed by atoms with Crippen molar-refractivity contribution in [3.63, 3.8) is 0 Å².